The van der Waals surface area contributed by atoms with Gasteiger partial charge in [0.15, 0.2) is 0 Å². The zero-order valence-electron chi connectivity index (χ0n) is 11.4. The summed E-state index contributed by atoms with van der Waals surface area (Å²) in [7, 11) is 0. The summed E-state index contributed by atoms with van der Waals surface area (Å²) in [5.74, 6) is 1.92. The Kier molecular flexibility index (Phi) is 5.17. The van der Waals surface area contributed by atoms with Crippen molar-refractivity contribution in [3.05, 3.63) is 29.3 Å². The molecule has 1 saturated heterocycles. The number of benzene rings is 1. The number of hydrogen-bond donors (Lipinski definition) is 0. The van der Waals surface area contributed by atoms with Gasteiger partial charge in [-0.2, -0.15) is 0 Å². The summed E-state index contributed by atoms with van der Waals surface area (Å²) >= 11 is 7.62. The molecule has 1 heterocycles. The van der Waals surface area contributed by atoms with Crippen molar-refractivity contribution in [2.24, 2.45) is 11.8 Å². The van der Waals surface area contributed by atoms with Crippen molar-refractivity contribution in [3.63, 3.8) is 0 Å². The normalized spacial score (nSPS) is 23.4. The average Bonchev–Trinajstić information content (AvgIpc) is 2.36. The summed E-state index contributed by atoms with van der Waals surface area (Å²) in [5.41, 5.74) is 0. The van der Waals surface area contributed by atoms with Crippen molar-refractivity contribution in [3.8, 4) is 0 Å². The molecule has 1 aliphatic heterocycles. The topological polar surface area (TPSA) is 20.3 Å². The molecule has 2 rings (SSSR count). The second-order valence-corrected chi connectivity index (χ2v) is 6.89. The number of carbonyl (C=O) groups excluding carboxylic acids is 1. The summed E-state index contributed by atoms with van der Waals surface area (Å²) in [6, 6.07) is 7.67. The molecule has 19 heavy (non-hydrogen) atoms. The molecule has 0 aromatic heterocycles. The van der Waals surface area contributed by atoms with Crippen LogP contribution >= 0.6 is 23.4 Å². The van der Waals surface area contributed by atoms with Gasteiger partial charge in [0.1, 0.15) is 0 Å². The van der Waals surface area contributed by atoms with Crippen LogP contribution in [0.3, 0.4) is 0 Å². The second kappa shape index (κ2) is 6.67. The third-order valence-corrected chi connectivity index (χ3v) is 4.91. The second-order valence-electron chi connectivity index (χ2n) is 5.46. The Morgan fingerprint density at radius 3 is 2.58 bits per heavy atom. The molecule has 4 heteroatoms. The zero-order chi connectivity index (χ0) is 13.8. The van der Waals surface area contributed by atoms with Crippen molar-refractivity contribution in [1.82, 2.24) is 4.90 Å². The molecule has 2 nitrogen and oxygen atoms in total. The van der Waals surface area contributed by atoms with E-state index in [9.17, 15) is 4.79 Å². The summed E-state index contributed by atoms with van der Waals surface area (Å²) in [5, 5.41) is 0.723. The Bertz CT molecular complexity index is 442. The van der Waals surface area contributed by atoms with Gasteiger partial charge in [-0.1, -0.05) is 37.6 Å². The molecule has 1 aromatic rings. The first-order valence-electron chi connectivity index (χ1n) is 6.71. The molecule has 1 amide bonds. The number of nitrogens with zero attached hydrogens (tertiary/aromatic N) is 1. The Balaban J connectivity index is 1.89. The van der Waals surface area contributed by atoms with Gasteiger partial charge in [0, 0.05) is 18.0 Å². The molecule has 0 N–H and O–H groups in total. The Labute approximate surface area is 124 Å². The predicted molar refractivity (Wildman–Crippen MR) is 81.7 cm³/mol. The lowest BCUT2D eigenvalue weighted by Crippen LogP contribution is -2.43. The Hall–Kier alpha value is -0.670. The fourth-order valence-electron chi connectivity index (χ4n) is 2.66. The molecule has 0 saturated carbocycles. The molecular formula is C15H20ClNOS. The fraction of sp³-hybridized carbons (Fsp3) is 0.533. The predicted octanol–water partition coefficient (Wildman–Crippen LogP) is 3.94. The van der Waals surface area contributed by atoms with Gasteiger partial charge in [0.05, 0.1) is 10.8 Å². The molecule has 0 spiro atoms. The zero-order valence-corrected chi connectivity index (χ0v) is 13.0. The van der Waals surface area contributed by atoms with Crippen LogP contribution in [0.5, 0.6) is 0 Å². The minimum Gasteiger partial charge on any atom is -0.341 e. The standard InChI is InChI=1S/C15H20ClNOS/c1-11-7-12(2)9-17(8-11)15(18)10-19-14-6-4-3-5-13(14)16/h3-6,11-12H,7-10H2,1-2H3. The quantitative estimate of drug-likeness (QED) is 0.788. The van der Waals surface area contributed by atoms with Crippen LogP contribution in [0.25, 0.3) is 0 Å². The molecule has 1 fully saturated rings. The number of carbonyl (C=O) groups is 1. The fourth-order valence-corrected chi connectivity index (χ4v) is 3.80. The van der Waals surface area contributed by atoms with Crippen LogP contribution in [0.2, 0.25) is 5.02 Å². The molecular weight excluding hydrogens is 278 g/mol. The lowest BCUT2D eigenvalue weighted by atomic mass is 9.92. The van der Waals surface area contributed by atoms with Crippen molar-refractivity contribution < 1.29 is 4.79 Å². The SMILES string of the molecule is CC1CC(C)CN(C(=O)CSc2ccccc2Cl)C1. The summed E-state index contributed by atoms with van der Waals surface area (Å²) < 4.78 is 0. The van der Waals surface area contributed by atoms with Crippen LogP contribution in [-0.4, -0.2) is 29.6 Å². The van der Waals surface area contributed by atoms with Gasteiger partial charge in [0.2, 0.25) is 5.91 Å². The smallest absolute Gasteiger partial charge is 0.232 e. The number of likely N-dealkylation sites (tertiary alicyclic amines) is 1. The lowest BCUT2D eigenvalue weighted by Gasteiger charge is -2.35. The molecule has 0 aliphatic carbocycles. The monoisotopic (exact) mass is 297 g/mol. The van der Waals surface area contributed by atoms with Crippen LogP contribution in [0, 0.1) is 11.8 Å². The molecule has 1 aliphatic rings. The van der Waals surface area contributed by atoms with Crippen LogP contribution < -0.4 is 0 Å². The van der Waals surface area contributed by atoms with Crippen molar-refractivity contribution >= 4 is 29.3 Å². The van der Waals surface area contributed by atoms with E-state index in [2.05, 4.69) is 13.8 Å². The number of hydrogen-bond acceptors (Lipinski definition) is 2. The van der Waals surface area contributed by atoms with Gasteiger partial charge in [-0.25, -0.2) is 0 Å². The van der Waals surface area contributed by atoms with E-state index in [0.717, 1.165) is 23.0 Å². The van der Waals surface area contributed by atoms with E-state index in [1.807, 2.05) is 29.2 Å². The van der Waals surface area contributed by atoms with Gasteiger partial charge < -0.3 is 4.90 Å². The lowest BCUT2D eigenvalue weighted by molar-refractivity contribution is -0.130. The maximum absolute atomic E-state index is 12.2. The maximum atomic E-state index is 12.2. The Morgan fingerprint density at radius 2 is 1.95 bits per heavy atom. The molecule has 0 bridgehead atoms. The van der Waals surface area contributed by atoms with Gasteiger partial charge in [0.25, 0.3) is 0 Å². The van der Waals surface area contributed by atoms with Crippen LogP contribution in [0.15, 0.2) is 29.2 Å². The first-order valence-corrected chi connectivity index (χ1v) is 8.07. The molecule has 0 radical (unpaired) electrons. The molecule has 2 unspecified atom stereocenters. The van der Waals surface area contributed by atoms with Crippen LogP contribution in [0.1, 0.15) is 20.3 Å². The van der Waals surface area contributed by atoms with E-state index in [1.165, 1.54) is 18.2 Å². The van der Waals surface area contributed by atoms with E-state index >= 15 is 0 Å². The number of amides is 1. The van der Waals surface area contributed by atoms with Crippen molar-refractivity contribution in [2.75, 3.05) is 18.8 Å². The van der Waals surface area contributed by atoms with Crippen LogP contribution in [-0.2, 0) is 4.79 Å². The number of thioether (sulfide) groups is 1. The number of rotatable bonds is 3. The third kappa shape index (κ3) is 4.15. The van der Waals surface area contributed by atoms with Crippen LogP contribution in [0.4, 0.5) is 0 Å². The first-order chi connectivity index (χ1) is 9.06. The molecule has 2 atom stereocenters. The number of halogens is 1. The maximum Gasteiger partial charge on any atom is 0.232 e. The summed E-state index contributed by atoms with van der Waals surface area (Å²) in [6.07, 6.45) is 1.22. The van der Waals surface area contributed by atoms with E-state index in [1.54, 1.807) is 0 Å². The highest BCUT2D eigenvalue weighted by Crippen LogP contribution is 2.28. The average molecular weight is 298 g/mol. The van der Waals surface area contributed by atoms with Crippen molar-refractivity contribution in [1.29, 1.82) is 0 Å². The first kappa shape index (κ1) is 14.7. The van der Waals surface area contributed by atoms with E-state index in [-0.39, 0.29) is 5.91 Å². The minimum absolute atomic E-state index is 0.225. The van der Waals surface area contributed by atoms with Gasteiger partial charge >= 0.3 is 0 Å². The van der Waals surface area contributed by atoms with E-state index in [4.69, 9.17) is 11.6 Å². The largest absolute Gasteiger partial charge is 0.341 e. The molecule has 104 valence electrons. The third-order valence-electron chi connectivity index (χ3n) is 3.41. The number of piperidine rings is 1. The van der Waals surface area contributed by atoms with Gasteiger partial charge in [-0.3, -0.25) is 4.79 Å². The highest BCUT2D eigenvalue weighted by molar-refractivity contribution is 8.00. The minimum atomic E-state index is 0.225. The van der Waals surface area contributed by atoms with E-state index < -0.39 is 0 Å². The molecule has 1 aromatic carbocycles. The highest BCUT2D eigenvalue weighted by atomic mass is 35.5. The Morgan fingerprint density at radius 1 is 1.32 bits per heavy atom. The summed E-state index contributed by atoms with van der Waals surface area (Å²) in [6.45, 7) is 6.23. The van der Waals surface area contributed by atoms with E-state index in [0.29, 0.717) is 17.6 Å². The highest BCUT2D eigenvalue weighted by Gasteiger charge is 2.25. The summed E-state index contributed by atoms with van der Waals surface area (Å²) in [4.78, 5) is 15.2. The van der Waals surface area contributed by atoms with Gasteiger partial charge in [-0.05, 0) is 30.4 Å². The van der Waals surface area contributed by atoms with Crippen molar-refractivity contribution in [2.45, 2.75) is 25.2 Å². The van der Waals surface area contributed by atoms with Gasteiger partial charge in [-0.15, -0.1) is 11.8 Å².